The van der Waals surface area contributed by atoms with Crippen molar-refractivity contribution in [1.29, 1.82) is 0 Å². The summed E-state index contributed by atoms with van der Waals surface area (Å²) >= 11 is 0. The van der Waals surface area contributed by atoms with E-state index >= 15 is 0 Å². The number of rotatable bonds is 7. The molecule has 1 heteroatoms. The molecular formula is C27H50P+. The van der Waals surface area contributed by atoms with Gasteiger partial charge in [0.1, 0.15) is 0 Å². The molecule has 28 heavy (non-hydrogen) atoms. The number of hydrogen-bond acceptors (Lipinski definition) is 0. The van der Waals surface area contributed by atoms with Crippen LogP contribution in [0, 0.1) is 5.92 Å². The van der Waals surface area contributed by atoms with Gasteiger partial charge in [0.05, 0.1) is 23.1 Å². The zero-order chi connectivity index (χ0) is 19.1. The molecule has 0 atom stereocenters. The fraction of sp³-hybridized carbons (Fsp3) is 1.00. The number of hydrogen-bond donors (Lipinski definition) is 0. The first-order chi connectivity index (χ1) is 13.9. The average Bonchev–Trinajstić information content (AvgIpc) is 2.79. The van der Waals surface area contributed by atoms with Crippen molar-refractivity contribution in [1.82, 2.24) is 0 Å². The van der Waals surface area contributed by atoms with Crippen LogP contribution < -0.4 is 0 Å². The van der Waals surface area contributed by atoms with Crippen molar-refractivity contribution < 1.29 is 0 Å². The molecule has 4 aliphatic rings. The van der Waals surface area contributed by atoms with Crippen molar-refractivity contribution >= 4 is 7.26 Å². The van der Waals surface area contributed by atoms with E-state index in [-0.39, 0.29) is 0 Å². The molecule has 0 aromatic heterocycles. The first-order valence-electron chi connectivity index (χ1n) is 13.8. The van der Waals surface area contributed by atoms with Crippen molar-refractivity contribution in [3.05, 3.63) is 0 Å². The molecule has 0 aromatic carbocycles. The van der Waals surface area contributed by atoms with Gasteiger partial charge in [-0.1, -0.05) is 51.4 Å². The molecule has 0 saturated heterocycles. The van der Waals surface area contributed by atoms with E-state index in [1.165, 1.54) is 23.4 Å². The molecule has 0 nitrogen and oxygen atoms in total. The zero-order valence-corrected chi connectivity index (χ0v) is 19.9. The molecule has 0 aromatic rings. The highest BCUT2D eigenvalue weighted by Crippen LogP contribution is 2.77. The molecular weight excluding hydrogens is 355 g/mol. The largest absolute Gasteiger partial charge is 0.0703 e. The Morgan fingerprint density at radius 1 is 0.429 bits per heavy atom. The Morgan fingerprint density at radius 2 is 0.786 bits per heavy atom. The van der Waals surface area contributed by atoms with E-state index in [1.807, 2.05) is 0 Å². The highest BCUT2D eigenvalue weighted by molar-refractivity contribution is 7.77. The molecule has 4 aliphatic carbocycles. The van der Waals surface area contributed by atoms with Gasteiger partial charge >= 0.3 is 0 Å². The van der Waals surface area contributed by atoms with Crippen LogP contribution in [0.1, 0.15) is 141 Å². The summed E-state index contributed by atoms with van der Waals surface area (Å²) in [7, 11) is -0.790. The minimum absolute atomic E-state index is 0.790. The molecule has 4 fully saturated rings. The van der Waals surface area contributed by atoms with Gasteiger partial charge in [-0.25, -0.2) is 0 Å². The van der Waals surface area contributed by atoms with Crippen molar-refractivity contribution in [3.63, 3.8) is 0 Å². The SMILES string of the molecule is C1CCC(CCC[P+](C2CCCCC2)(C2CCCCC2)C2CCCCC2)CC1. The summed E-state index contributed by atoms with van der Waals surface area (Å²) in [5.74, 6) is 1.11. The van der Waals surface area contributed by atoms with Gasteiger partial charge in [0.15, 0.2) is 0 Å². The summed E-state index contributed by atoms with van der Waals surface area (Å²) in [6.07, 6.45) is 36.7. The summed E-state index contributed by atoms with van der Waals surface area (Å²) < 4.78 is 0. The van der Waals surface area contributed by atoms with Crippen LogP contribution in [-0.4, -0.2) is 23.1 Å². The Balaban J connectivity index is 1.52. The first-order valence-corrected chi connectivity index (χ1v) is 15.9. The van der Waals surface area contributed by atoms with Gasteiger partial charge in [0, 0.05) is 7.26 Å². The van der Waals surface area contributed by atoms with E-state index in [2.05, 4.69) is 0 Å². The van der Waals surface area contributed by atoms with Crippen molar-refractivity contribution in [3.8, 4) is 0 Å². The second-order valence-corrected chi connectivity index (χ2v) is 15.9. The molecule has 0 aliphatic heterocycles. The van der Waals surface area contributed by atoms with Crippen LogP contribution in [0.4, 0.5) is 0 Å². The van der Waals surface area contributed by atoms with Crippen LogP contribution >= 0.6 is 7.26 Å². The van der Waals surface area contributed by atoms with Gasteiger partial charge in [0.2, 0.25) is 0 Å². The zero-order valence-electron chi connectivity index (χ0n) is 19.0. The third-order valence-electron chi connectivity index (χ3n) is 9.65. The minimum Gasteiger partial charge on any atom is -0.0533 e. The fourth-order valence-corrected chi connectivity index (χ4v) is 15.9. The summed E-state index contributed by atoms with van der Waals surface area (Å²) in [4.78, 5) is 0. The third-order valence-corrected chi connectivity index (χ3v) is 16.4. The first kappa shape index (κ1) is 21.7. The standard InChI is InChI=1S/C27H50P/c1-5-14-24(15-6-1)16-13-23-28(25-17-7-2-8-18-25,26-19-9-3-10-20-26)27-21-11-4-12-22-27/h24-27H,1-23H2/q+1. The summed E-state index contributed by atoms with van der Waals surface area (Å²) in [5.41, 5.74) is 3.62. The van der Waals surface area contributed by atoms with E-state index in [0.717, 1.165) is 5.92 Å². The van der Waals surface area contributed by atoms with Crippen molar-refractivity contribution in [2.45, 2.75) is 158 Å². The second-order valence-electron chi connectivity index (χ2n) is 11.2. The Morgan fingerprint density at radius 3 is 1.18 bits per heavy atom. The topological polar surface area (TPSA) is 0 Å². The molecule has 162 valence electrons. The predicted octanol–water partition coefficient (Wildman–Crippen LogP) is 9.36. The molecule has 0 bridgehead atoms. The molecule has 0 N–H and O–H groups in total. The molecule has 4 rings (SSSR count). The van der Waals surface area contributed by atoms with E-state index < -0.39 is 7.26 Å². The lowest BCUT2D eigenvalue weighted by atomic mass is 9.86. The van der Waals surface area contributed by atoms with E-state index in [9.17, 15) is 0 Å². The van der Waals surface area contributed by atoms with E-state index in [4.69, 9.17) is 0 Å². The summed E-state index contributed by atoms with van der Waals surface area (Å²) in [5, 5.41) is 0. The molecule has 0 unspecified atom stereocenters. The quantitative estimate of drug-likeness (QED) is 0.370. The lowest BCUT2D eigenvalue weighted by molar-refractivity contribution is 0.336. The molecule has 0 radical (unpaired) electrons. The van der Waals surface area contributed by atoms with Crippen LogP contribution in [0.2, 0.25) is 0 Å². The smallest absolute Gasteiger partial charge is 0.0533 e. The minimum atomic E-state index is -0.790. The van der Waals surface area contributed by atoms with Crippen molar-refractivity contribution in [2.24, 2.45) is 5.92 Å². The Bertz CT molecular complexity index is 374. The molecule has 4 saturated carbocycles. The van der Waals surface area contributed by atoms with Crippen LogP contribution in [0.3, 0.4) is 0 Å². The van der Waals surface area contributed by atoms with Gasteiger partial charge in [0.25, 0.3) is 0 Å². The van der Waals surface area contributed by atoms with Gasteiger partial charge in [-0.05, 0) is 95.8 Å². The van der Waals surface area contributed by atoms with Crippen LogP contribution in [0.15, 0.2) is 0 Å². The molecule has 0 heterocycles. The lowest BCUT2D eigenvalue weighted by Gasteiger charge is -2.49. The van der Waals surface area contributed by atoms with Crippen LogP contribution in [-0.2, 0) is 0 Å². The predicted molar refractivity (Wildman–Crippen MR) is 128 cm³/mol. The third kappa shape index (κ3) is 5.18. The lowest BCUT2D eigenvalue weighted by Crippen LogP contribution is -2.37. The Labute approximate surface area is 177 Å². The van der Waals surface area contributed by atoms with Gasteiger partial charge in [-0.3, -0.25) is 0 Å². The highest BCUT2D eigenvalue weighted by atomic mass is 31.2. The monoisotopic (exact) mass is 405 g/mol. The molecule has 0 amide bonds. The van der Waals surface area contributed by atoms with E-state index in [1.54, 1.807) is 141 Å². The highest BCUT2D eigenvalue weighted by Gasteiger charge is 2.56. The van der Waals surface area contributed by atoms with E-state index in [0.29, 0.717) is 0 Å². The van der Waals surface area contributed by atoms with Crippen LogP contribution in [0.5, 0.6) is 0 Å². The van der Waals surface area contributed by atoms with Gasteiger partial charge in [-0.2, -0.15) is 0 Å². The molecule has 0 spiro atoms. The summed E-state index contributed by atoms with van der Waals surface area (Å²) in [6, 6.07) is 0. The normalized spacial score (nSPS) is 27.9. The van der Waals surface area contributed by atoms with Crippen LogP contribution in [0.25, 0.3) is 0 Å². The Hall–Kier alpha value is 0.430. The Kier molecular flexibility index (Phi) is 8.63. The maximum absolute atomic E-state index is 1.74. The maximum Gasteiger partial charge on any atom is 0.0703 e. The van der Waals surface area contributed by atoms with Gasteiger partial charge in [-0.15, -0.1) is 0 Å². The van der Waals surface area contributed by atoms with Gasteiger partial charge < -0.3 is 0 Å². The average molecular weight is 406 g/mol. The van der Waals surface area contributed by atoms with Crippen molar-refractivity contribution in [2.75, 3.05) is 6.16 Å². The maximum atomic E-state index is 1.74. The second kappa shape index (κ2) is 11.2. The summed E-state index contributed by atoms with van der Waals surface area (Å²) in [6.45, 7) is 0. The fourth-order valence-electron chi connectivity index (χ4n) is 8.26.